The molecule has 0 saturated carbocycles. The van der Waals surface area contributed by atoms with Crippen LogP contribution in [0, 0.1) is 6.92 Å². The van der Waals surface area contributed by atoms with Gasteiger partial charge in [0.15, 0.2) is 0 Å². The van der Waals surface area contributed by atoms with E-state index in [0.29, 0.717) is 23.4 Å². The first-order valence-electron chi connectivity index (χ1n) is 7.39. The first-order chi connectivity index (χ1) is 11.0. The monoisotopic (exact) mass is 370 g/mol. The van der Waals surface area contributed by atoms with Crippen molar-refractivity contribution in [3.05, 3.63) is 62.1 Å². The first kappa shape index (κ1) is 14.4. The normalized spacial score (nSPS) is 13.6. The summed E-state index contributed by atoms with van der Waals surface area (Å²) in [6, 6.07) is 7.88. The third-order valence-corrected chi connectivity index (χ3v) is 4.83. The molecule has 0 N–H and O–H groups in total. The van der Waals surface area contributed by atoms with Crippen LogP contribution in [-0.4, -0.2) is 14.5 Å². The quantitative estimate of drug-likeness (QED) is 0.660. The molecule has 23 heavy (non-hydrogen) atoms. The van der Waals surface area contributed by atoms with Crippen molar-refractivity contribution in [3.8, 4) is 0 Å². The van der Waals surface area contributed by atoms with E-state index in [1.807, 2.05) is 25.1 Å². The van der Waals surface area contributed by atoms with Gasteiger partial charge in [0, 0.05) is 24.3 Å². The minimum absolute atomic E-state index is 0.0293. The van der Waals surface area contributed by atoms with Gasteiger partial charge in [-0.2, -0.15) is 0 Å². The highest BCUT2D eigenvalue weighted by molar-refractivity contribution is 9.10. The molecule has 5 nitrogen and oxygen atoms in total. The number of hydrogen-bond donors (Lipinski definition) is 0. The van der Waals surface area contributed by atoms with Crippen LogP contribution in [0.1, 0.15) is 16.8 Å². The van der Waals surface area contributed by atoms with Crippen LogP contribution in [0.15, 0.2) is 39.7 Å². The maximum atomic E-state index is 12.7. The fourth-order valence-electron chi connectivity index (χ4n) is 3.08. The lowest BCUT2D eigenvalue weighted by atomic mass is 10.2. The molecule has 0 bridgehead atoms. The number of halogens is 1. The van der Waals surface area contributed by atoms with E-state index in [2.05, 4.69) is 31.9 Å². The highest BCUT2D eigenvalue weighted by Gasteiger charge is 2.24. The average molecular weight is 371 g/mol. The van der Waals surface area contributed by atoms with Gasteiger partial charge in [0.1, 0.15) is 0 Å². The fourth-order valence-corrected chi connectivity index (χ4v) is 3.75. The van der Waals surface area contributed by atoms with Gasteiger partial charge >= 0.3 is 0 Å². The van der Waals surface area contributed by atoms with Crippen molar-refractivity contribution >= 4 is 32.8 Å². The highest BCUT2D eigenvalue weighted by Crippen LogP contribution is 2.28. The Morgan fingerprint density at radius 3 is 2.87 bits per heavy atom. The lowest BCUT2D eigenvalue weighted by Crippen LogP contribution is -2.28. The second-order valence-corrected chi connectivity index (χ2v) is 6.74. The summed E-state index contributed by atoms with van der Waals surface area (Å²) in [4.78, 5) is 24.0. The zero-order valence-electron chi connectivity index (χ0n) is 12.9. The van der Waals surface area contributed by atoms with Gasteiger partial charge in [-0.05, 0) is 52.2 Å². The Hall–Kier alpha value is -2.21. The summed E-state index contributed by atoms with van der Waals surface area (Å²) in [5.41, 5.74) is 3.94. The number of pyridine rings is 1. The molecule has 0 amide bonds. The molecule has 0 aliphatic carbocycles. The van der Waals surface area contributed by atoms with Gasteiger partial charge < -0.3 is 4.90 Å². The largest absolute Gasteiger partial charge is 0.332 e. The van der Waals surface area contributed by atoms with Gasteiger partial charge in [0.05, 0.1) is 23.1 Å². The van der Waals surface area contributed by atoms with Crippen LogP contribution in [-0.2, 0) is 20.1 Å². The second kappa shape index (κ2) is 5.16. The molecular weight excluding hydrogens is 356 g/mol. The zero-order chi connectivity index (χ0) is 16.1. The van der Waals surface area contributed by atoms with Crippen molar-refractivity contribution in [2.45, 2.75) is 20.0 Å². The van der Waals surface area contributed by atoms with Crippen molar-refractivity contribution < 1.29 is 0 Å². The van der Waals surface area contributed by atoms with Gasteiger partial charge in [0.25, 0.3) is 5.56 Å². The van der Waals surface area contributed by atoms with Crippen molar-refractivity contribution in [2.24, 2.45) is 7.05 Å². The standard InChI is InChI=1S/C17H15BrN4O/c1-10-6-12-15(13(18)7-10)20-17(21(2)16(12)23)22-8-11-4-3-5-19-14(11)9-22/h3-7H,8-9H2,1-2H3. The van der Waals surface area contributed by atoms with Crippen LogP contribution in [0.2, 0.25) is 0 Å². The number of aromatic nitrogens is 3. The van der Waals surface area contributed by atoms with E-state index in [1.54, 1.807) is 17.8 Å². The van der Waals surface area contributed by atoms with Crippen LogP contribution < -0.4 is 10.5 Å². The van der Waals surface area contributed by atoms with E-state index in [4.69, 9.17) is 4.98 Å². The Morgan fingerprint density at radius 1 is 1.26 bits per heavy atom. The van der Waals surface area contributed by atoms with Crippen LogP contribution in [0.3, 0.4) is 0 Å². The van der Waals surface area contributed by atoms with E-state index in [0.717, 1.165) is 22.3 Å². The Bertz CT molecular complexity index is 971. The third kappa shape index (κ3) is 2.25. The van der Waals surface area contributed by atoms with Gasteiger partial charge in [0.2, 0.25) is 5.95 Å². The van der Waals surface area contributed by atoms with Crippen molar-refractivity contribution in [3.63, 3.8) is 0 Å². The number of rotatable bonds is 1. The number of benzene rings is 1. The molecule has 1 aromatic carbocycles. The minimum atomic E-state index is -0.0293. The van der Waals surface area contributed by atoms with Gasteiger partial charge in [-0.25, -0.2) is 4.98 Å². The molecule has 2 aromatic heterocycles. The molecule has 1 aliphatic rings. The molecule has 6 heteroatoms. The van der Waals surface area contributed by atoms with Crippen LogP contribution in [0.25, 0.3) is 10.9 Å². The van der Waals surface area contributed by atoms with E-state index in [-0.39, 0.29) is 5.56 Å². The zero-order valence-corrected chi connectivity index (χ0v) is 14.5. The summed E-state index contributed by atoms with van der Waals surface area (Å²) in [5, 5.41) is 0.637. The number of anilines is 1. The van der Waals surface area contributed by atoms with Gasteiger partial charge in [-0.3, -0.25) is 14.3 Å². The molecule has 0 fully saturated rings. The maximum Gasteiger partial charge on any atom is 0.262 e. The summed E-state index contributed by atoms with van der Waals surface area (Å²) in [6.45, 7) is 3.37. The maximum absolute atomic E-state index is 12.7. The number of fused-ring (bicyclic) bond motifs is 2. The predicted molar refractivity (Wildman–Crippen MR) is 93.5 cm³/mol. The van der Waals surface area contributed by atoms with Crippen LogP contribution in [0.5, 0.6) is 0 Å². The fraction of sp³-hybridized carbons (Fsp3) is 0.235. The molecule has 116 valence electrons. The highest BCUT2D eigenvalue weighted by atomic mass is 79.9. The summed E-state index contributed by atoms with van der Waals surface area (Å²) in [6.07, 6.45) is 1.80. The van der Waals surface area contributed by atoms with E-state index >= 15 is 0 Å². The summed E-state index contributed by atoms with van der Waals surface area (Å²) >= 11 is 3.54. The SMILES string of the molecule is Cc1cc(Br)c2nc(N3Cc4cccnc4C3)n(C)c(=O)c2c1. The molecule has 3 aromatic rings. The molecule has 0 atom stereocenters. The molecule has 0 saturated heterocycles. The molecule has 1 aliphatic heterocycles. The molecular formula is C17H15BrN4O. The summed E-state index contributed by atoms with van der Waals surface area (Å²) in [7, 11) is 1.77. The Labute approximate surface area is 141 Å². The number of nitrogens with zero attached hydrogens (tertiary/aromatic N) is 4. The summed E-state index contributed by atoms with van der Waals surface area (Å²) < 4.78 is 2.47. The Morgan fingerprint density at radius 2 is 2.09 bits per heavy atom. The van der Waals surface area contributed by atoms with Gasteiger partial charge in [-0.1, -0.05) is 6.07 Å². The predicted octanol–water partition coefficient (Wildman–Crippen LogP) is 2.92. The topological polar surface area (TPSA) is 51.0 Å². The van der Waals surface area contributed by atoms with E-state index in [9.17, 15) is 4.79 Å². The number of hydrogen-bond acceptors (Lipinski definition) is 4. The lowest BCUT2D eigenvalue weighted by Gasteiger charge is -2.20. The third-order valence-electron chi connectivity index (χ3n) is 4.22. The van der Waals surface area contributed by atoms with Crippen LogP contribution in [0.4, 0.5) is 5.95 Å². The van der Waals surface area contributed by atoms with Crippen molar-refractivity contribution in [1.82, 2.24) is 14.5 Å². The van der Waals surface area contributed by atoms with Crippen molar-refractivity contribution in [2.75, 3.05) is 4.90 Å². The lowest BCUT2D eigenvalue weighted by molar-refractivity contribution is 0.742. The van der Waals surface area contributed by atoms with E-state index in [1.165, 1.54) is 5.56 Å². The van der Waals surface area contributed by atoms with Crippen LogP contribution >= 0.6 is 15.9 Å². The Balaban J connectivity index is 1.89. The minimum Gasteiger partial charge on any atom is -0.332 e. The Kier molecular flexibility index (Phi) is 3.23. The van der Waals surface area contributed by atoms with Crippen molar-refractivity contribution in [1.29, 1.82) is 0 Å². The first-order valence-corrected chi connectivity index (χ1v) is 8.18. The molecule has 0 radical (unpaired) electrons. The van der Waals surface area contributed by atoms with E-state index < -0.39 is 0 Å². The molecule has 3 heterocycles. The smallest absolute Gasteiger partial charge is 0.262 e. The molecule has 0 spiro atoms. The molecule has 0 unspecified atom stereocenters. The van der Waals surface area contributed by atoms with Gasteiger partial charge in [-0.15, -0.1) is 0 Å². The number of aryl methyl sites for hydroxylation is 1. The molecule has 4 rings (SSSR count). The second-order valence-electron chi connectivity index (χ2n) is 5.88. The summed E-state index contributed by atoms with van der Waals surface area (Å²) in [5.74, 6) is 0.671. The average Bonchev–Trinajstić information content (AvgIpc) is 2.95.